The molecule has 230 valence electrons. The monoisotopic (exact) mass is 626 g/mol. The second-order valence-corrected chi connectivity index (χ2v) is 12.5. The van der Waals surface area contributed by atoms with E-state index >= 15 is 0 Å². The van der Waals surface area contributed by atoms with Gasteiger partial charge < -0.3 is 13.9 Å². The van der Waals surface area contributed by atoms with E-state index in [1.165, 1.54) is 43.7 Å². The summed E-state index contributed by atoms with van der Waals surface area (Å²) in [6.45, 7) is 0. The molecule has 2 heterocycles. The van der Waals surface area contributed by atoms with Crippen molar-refractivity contribution in [2.45, 2.75) is 0 Å². The predicted molar refractivity (Wildman–Crippen MR) is 206 cm³/mol. The van der Waals surface area contributed by atoms with E-state index in [0.717, 1.165) is 44.7 Å². The van der Waals surface area contributed by atoms with Crippen LogP contribution in [0.15, 0.2) is 186 Å². The minimum atomic E-state index is 0.869. The van der Waals surface area contributed by atoms with Gasteiger partial charge in [0.15, 0.2) is 0 Å². The topological polar surface area (TPSA) is 21.3 Å². The lowest BCUT2D eigenvalue weighted by atomic mass is 9.96. The Bertz CT molecular complexity index is 2770. The molecule has 49 heavy (non-hydrogen) atoms. The van der Waals surface area contributed by atoms with Crippen molar-refractivity contribution in [1.82, 2.24) is 4.57 Å². The molecular weight excluding hydrogens is 597 g/mol. The Morgan fingerprint density at radius 1 is 0.449 bits per heavy atom. The zero-order chi connectivity index (χ0) is 32.3. The minimum absolute atomic E-state index is 0.869. The van der Waals surface area contributed by atoms with Crippen molar-refractivity contribution in [3.8, 4) is 16.8 Å². The number of anilines is 3. The van der Waals surface area contributed by atoms with E-state index in [4.69, 9.17) is 4.42 Å². The summed E-state index contributed by atoms with van der Waals surface area (Å²) in [6.07, 6.45) is 0. The Labute approximate surface area is 283 Å². The van der Waals surface area contributed by atoms with Gasteiger partial charge >= 0.3 is 0 Å². The summed E-state index contributed by atoms with van der Waals surface area (Å²) in [5.74, 6) is 0. The van der Waals surface area contributed by atoms with E-state index in [1.807, 2.05) is 0 Å². The summed E-state index contributed by atoms with van der Waals surface area (Å²) < 4.78 is 9.04. The second kappa shape index (κ2) is 11.0. The van der Waals surface area contributed by atoms with Crippen molar-refractivity contribution in [3.63, 3.8) is 0 Å². The number of benzene rings is 8. The van der Waals surface area contributed by atoms with Crippen LogP contribution in [0.3, 0.4) is 0 Å². The van der Waals surface area contributed by atoms with Crippen LogP contribution in [0.5, 0.6) is 0 Å². The Hall–Kier alpha value is -6.58. The van der Waals surface area contributed by atoms with E-state index in [2.05, 4.69) is 191 Å². The van der Waals surface area contributed by atoms with Gasteiger partial charge in [0.25, 0.3) is 0 Å². The van der Waals surface area contributed by atoms with Crippen LogP contribution in [0, 0.1) is 0 Å². The highest BCUT2D eigenvalue weighted by molar-refractivity contribution is 6.24. The number of hydrogen-bond acceptors (Lipinski definition) is 2. The van der Waals surface area contributed by atoms with Gasteiger partial charge in [-0.2, -0.15) is 0 Å². The van der Waals surface area contributed by atoms with E-state index in [-0.39, 0.29) is 0 Å². The molecule has 0 N–H and O–H groups in total. The fourth-order valence-electron chi connectivity index (χ4n) is 7.65. The number of aromatic nitrogens is 1. The number of nitrogens with zero attached hydrogens (tertiary/aromatic N) is 2. The van der Waals surface area contributed by atoms with Gasteiger partial charge in [0.05, 0.1) is 22.1 Å². The van der Waals surface area contributed by atoms with E-state index in [1.54, 1.807) is 0 Å². The molecule has 8 aromatic carbocycles. The summed E-state index contributed by atoms with van der Waals surface area (Å²) in [5.41, 5.74) is 10.9. The molecule has 3 nitrogen and oxygen atoms in total. The maximum Gasteiger partial charge on any atom is 0.137 e. The van der Waals surface area contributed by atoms with Gasteiger partial charge in [0, 0.05) is 38.8 Å². The number of para-hydroxylation sites is 5. The van der Waals surface area contributed by atoms with Crippen LogP contribution in [0.2, 0.25) is 0 Å². The normalized spacial score (nSPS) is 11.7. The molecule has 10 aromatic rings. The zero-order valence-corrected chi connectivity index (χ0v) is 26.6. The predicted octanol–water partition coefficient (Wildman–Crippen LogP) is 13.0. The third-order valence-electron chi connectivity index (χ3n) is 9.75. The third kappa shape index (κ3) is 4.29. The molecule has 2 aromatic heterocycles. The summed E-state index contributed by atoms with van der Waals surface area (Å²) in [6, 6.07) is 64.8. The fourth-order valence-corrected chi connectivity index (χ4v) is 7.65. The first-order chi connectivity index (χ1) is 24.3. The highest BCUT2D eigenvalue weighted by atomic mass is 16.3. The zero-order valence-electron chi connectivity index (χ0n) is 26.6. The van der Waals surface area contributed by atoms with Crippen molar-refractivity contribution in [2.75, 3.05) is 4.90 Å². The van der Waals surface area contributed by atoms with Crippen LogP contribution in [0.4, 0.5) is 17.1 Å². The summed E-state index contributed by atoms with van der Waals surface area (Å²) >= 11 is 0. The Morgan fingerprint density at radius 3 is 1.86 bits per heavy atom. The maximum absolute atomic E-state index is 6.62. The second-order valence-electron chi connectivity index (χ2n) is 12.5. The molecule has 0 atom stereocenters. The summed E-state index contributed by atoms with van der Waals surface area (Å²) in [4.78, 5) is 2.33. The average Bonchev–Trinajstić information content (AvgIpc) is 3.73. The SMILES string of the molecule is c1ccc(N(c2ccccc2)c2cccc3oc4ccc5ccc(-c6cccc7c8ccccc8n(-c8ccccc8)c67)cc5c4c23)cc1. The van der Waals surface area contributed by atoms with E-state index < -0.39 is 0 Å². The lowest BCUT2D eigenvalue weighted by Crippen LogP contribution is -2.09. The van der Waals surface area contributed by atoms with Gasteiger partial charge in [-0.15, -0.1) is 0 Å². The Balaban J connectivity index is 1.27. The first-order valence-electron chi connectivity index (χ1n) is 16.7. The van der Waals surface area contributed by atoms with Crippen molar-refractivity contribution < 1.29 is 4.42 Å². The number of fused-ring (bicyclic) bond motifs is 8. The molecule has 0 amide bonds. The summed E-state index contributed by atoms with van der Waals surface area (Å²) in [7, 11) is 0. The van der Waals surface area contributed by atoms with Crippen LogP contribution in [-0.4, -0.2) is 4.57 Å². The standard InChI is InChI=1S/C46H30N2O/c1-4-14-33(15-5-1)47(34-16-6-2-7-17-34)41-24-13-25-42-45(41)44-39-30-32(27-26-31(39)28-29-43(44)49-42)36-21-12-22-38-37-20-10-11-23-40(37)48(46(36)38)35-18-8-3-9-19-35/h1-30H. The number of furan rings is 1. The summed E-state index contributed by atoms with van der Waals surface area (Å²) in [5, 5.41) is 7.06. The number of rotatable bonds is 5. The van der Waals surface area contributed by atoms with E-state index in [9.17, 15) is 0 Å². The smallest absolute Gasteiger partial charge is 0.137 e. The molecule has 0 fully saturated rings. The van der Waals surface area contributed by atoms with Crippen LogP contribution >= 0.6 is 0 Å². The van der Waals surface area contributed by atoms with Crippen LogP contribution in [0.25, 0.3) is 71.3 Å². The molecule has 0 aliphatic carbocycles. The molecule has 3 heteroatoms. The molecule has 0 aliphatic rings. The highest BCUT2D eigenvalue weighted by Gasteiger charge is 2.21. The Kier molecular flexibility index (Phi) is 6.18. The molecule has 0 saturated heterocycles. The molecular formula is C46H30N2O. The molecule has 0 spiro atoms. The highest BCUT2D eigenvalue weighted by Crippen LogP contribution is 2.46. The van der Waals surface area contributed by atoms with Crippen LogP contribution in [0.1, 0.15) is 0 Å². The Morgan fingerprint density at radius 2 is 1.08 bits per heavy atom. The van der Waals surface area contributed by atoms with Crippen molar-refractivity contribution in [3.05, 3.63) is 182 Å². The largest absolute Gasteiger partial charge is 0.456 e. The average molecular weight is 627 g/mol. The maximum atomic E-state index is 6.62. The fraction of sp³-hybridized carbons (Fsp3) is 0. The minimum Gasteiger partial charge on any atom is -0.456 e. The molecule has 0 unspecified atom stereocenters. The van der Waals surface area contributed by atoms with Crippen molar-refractivity contribution in [2.24, 2.45) is 0 Å². The molecule has 10 rings (SSSR count). The van der Waals surface area contributed by atoms with Gasteiger partial charge in [-0.3, -0.25) is 0 Å². The lowest BCUT2D eigenvalue weighted by molar-refractivity contribution is 0.669. The quantitative estimate of drug-likeness (QED) is 0.190. The molecule has 0 saturated carbocycles. The van der Waals surface area contributed by atoms with Gasteiger partial charge in [0.2, 0.25) is 0 Å². The molecule has 0 radical (unpaired) electrons. The van der Waals surface area contributed by atoms with Gasteiger partial charge in [0.1, 0.15) is 11.2 Å². The lowest BCUT2D eigenvalue weighted by Gasteiger charge is -2.26. The third-order valence-corrected chi connectivity index (χ3v) is 9.75. The van der Waals surface area contributed by atoms with Crippen molar-refractivity contribution in [1.29, 1.82) is 0 Å². The molecule has 0 aliphatic heterocycles. The van der Waals surface area contributed by atoms with Crippen LogP contribution < -0.4 is 4.90 Å². The van der Waals surface area contributed by atoms with Gasteiger partial charge in [-0.25, -0.2) is 0 Å². The van der Waals surface area contributed by atoms with Crippen molar-refractivity contribution >= 4 is 71.6 Å². The number of hydrogen-bond donors (Lipinski definition) is 0. The van der Waals surface area contributed by atoms with Crippen LogP contribution in [-0.2, 0) is 0 Å². The molecule has 0 bridgehead atoms. The van der Waals surface area contributed by atoms with Gasteiger partial charge in [-0.05, 0) is 83.1 Å². The first kappa shape index (κ1) is 27.5. The first-order valence-corrected chi connectivity index (χ1v) is 16.7. The van der Waals surface area contributed by atoms with E-state index in [0.29, 0.717) is 0 Å². The van der Waals surface area contributed by atoms with Gasteiger partial charge in [-0.1, -0.05) is 115 Å².